The van der Waals surface area contributed by atoms with Crippen LogP contribution in [0.1, 0.15) is 11.1 Å². The van der Waals surface area contributed by atoms with Crippen molar-refractivity contribution in [2.75, 3.05) is 28.2 Å². The quantitative estimate of drug-likeness (QED) is 0.485. The van der Waals surface area contributed by atoms with Crippen LogP contribution in [0.2, 0.25) is 5.15 Å². The molecule has 3 aromatic rings. The first kappa shape index (κ1) is 23.5. The van der Waals surface area contributed by atoms with Crippen LogP contribution in [0.3, 0.4) is 0 Å². The molecule has 3 aromatic heterocycles. The highest BCUT2D eigenvalue weighted by molar-refractivity contribution is 7.92. The number of nitrogens with one attached hydrogen (secondary N) is 2. The van der Waals surface area contributed by atoms with E-state index in [1.807, 2.05) is 0 Å². The van der Waals surface area contributed by atoms with Gasteiger partial charge in [0.05, 0.1) is 6.26 Å². The minimum absolute atomic E-state index is 0.0786. The normalized spacial score (nSPS) is 11.8. The van der Waals surface area contributed by atoms with E-state index < -0.39 is 27.6 Å². The number of sulfonamides is 1. The van der Waals surface area contributed by atoms with Crippen LogP contribution < -0.4 is 14.9 Å². The molecule has 0 aliphatic rings. The number of hydrogen-bond donors (Lipinski definition) is 2. The summed E-state index contributed by atoms with van der Waals surface area (Å²) in [6, 6.07) is 6.09. The van der Waals surface area contributed by atoms with Crippen molar-refractivity contribution >= 4 is 44.9 Å². The zero-order chi connectivity index (χ0) is 23.5. The van der Waals surface area contributed by atoms with Crippen LogP contribution >= 0.6 is 11.6 Å². The Morgan fingerprint density at radius 2 is 1.91 bits per heavy atom. The van der Waals surface area contributed by atoms with E-state index in [1.165, 1.54) is 25.5 Å². The molecule has 3 rings (SSSR count). The van der Waals surface area contributed by atoms with Crippen LogP contribution in [0, 0.1) is 0 Å². The molecule has 0 aliphatic heterocycles. The van der Waals surface area contributed by atoms with Crippen molar-refractivity contribution in [3.63, 3.8) is 0 Å². The van der Waals surface area contributed by atoms with E-state index in [2.05, 4.69) is 30.6 Å². The summed E-state index contributed by atoms with van der Waals surface area (Å²) in [5.41, 5.74) is -0.305. The number of nitrogens with zero attached hydrogens (tertiary/aromatic N) is 5. The van der Waals surface area contributed by atoms with Crippen LogP contribution in [0.15, 0.2) is 42.9 Å². The molecule has 9 nitrogen and oxygen atoms in total. The van der Waals surface area contributed by atoms with Crippen LogP contribution in [-0.4, -0.2) is 41.7 Å². The van der Waals surface area contributed by atoms with Crippen molar-refractivity contribution in [1.29, 1.82) is 0 Å². The SMILES string of the molecule is CN(c1ncccc1CNc1nc(Nc2ccnc(Cl)c2)ncc1C(F)(F)F)S(C)(=O)=O. The van der Waals surface area contributed by atoms with E-state index in [0.717, 1.165) is 10.6 Å². The lowest BCUT2D eigenvalue weighted by Gasteiger charge is -2.20. The molecule has 0 saturated carbocycles. The Labute approximate surface area is 186 Å². The van der Waals surface area contributed by atoms with Gasteiger partial charge in [-0.2, -0.15) is 18.2 Å². The summed E-state index contributed by atoms with van der Waals surface area (Å²) >= 11 is 5.81. The molecule has 14 heteroatoms. The molecular weight excluding hydrogens is 471 g/mol. The third kappa shape index (κ3) is 5.73. The zero-order valence-electron chi connectivity index (χ0n) is 16.7. The van der Waals surface area contributed by atoms with E-state index in [0.29, 0.717) is 17.4 Å². The zero-order valence-corrected chi connectivity index (χ0v) is 18.3. The lowest BCUT2D eigenvalue weighted by Crippen LogP contribution is -2.27. The van der Waals surface area contributed by atoms with Crippen LogP contribution in [0.25, 0.3) is 0 Å². The second kappa shape index (κ2) is 9.12. The van der Waals surface area contributed by atoms with Crippen molar-refractivity contribution in [1.82, 2.24) is 19.9 Å². The maximum atomic E-state index is 13.5. The minimum Gasteiger partial charge on any atom is -0.365 e. The van der Waals surface area contributed by atoms with Crippen molar-refractivity contribution in [2.45, 2.75) is 12.7 Å². The van der Waals surface area contributed by atoms with Crippen LogP contribution in [-0.2, 0) is 22.7 Å². The second-order valence-electron chi connectivity index (χ2n) is 6.52. The lowest BCUT2D eigenvalue weighted by molar-refractivity contribution is -0.137. The Morgan fingerprint density at radius 1 is 1.16 bits per heavy atom. The summed E-state index contributed by atoms with van der Waals surface area (Å²) in [6.07, 6.45) is -0.284. The van der Waals surface area contributed by atoms with Crippen molar-refractivity contribution in [3.05, 3.63) is 59.1 Å². The number of pyridine rings is 2. The summed E-state index contributed by atoms with van der Waals surface area (Å²) in [6.45, 7) is -0.177. The molecule has 0 aliphatic carbocycles. The first-order valence-electron chi connectivity index (χ1n) is 8.89. The van der Waals surface area contributed by atoms with E-state index in [4.69, 9.17) is 11.6 Å². The Hall–Kier alpha value is -3.19. The van der Waals surface area contributed by atoms with Gasteiger partial charge in [-0.05, 0) is 18.2 Å². The van der Waals surface area contributed by atoms with Crippen LogP contribution in [0.5, 0.6) is 0 Å². The molecule has 0 fully saturated rings. The predicted molar refractivity (Wildman–Crippen MR) is 114 cm³/mol. The van der Waals surface area contributed by atoms with Gasteiger partial charge in [-0.15, -0.1) is 0 Å². The average Bonchev–Trinajstić information content (AvgIpc) is 2.70. The number of hydrogen-bond acceptors (Lipinski definition) is 8. The molecule has 0 saturated heterocycles. The number of aromatic nitrogens is 4. The number of alkyl halides is 3. The number of anilines is 4. The molecule has 0 radical (unpaired) electrons. The van der Waals surface area contributed by atoms with Gasteiger partial charge in [-0.3, -0.25) is 4.31 Å². The smallest absolute Gasteiger partial charge is 0.365 e. The van der Waals surface area contributed by atoms with Gasteiger partial charge in [0.25, 0.3) is 0 Å². The molecule has 32 heavy (non-hydrogen) atoms. The van der Waals surface area contributed by atoms with E-state index in [-0.39, 0.29) is 23.5 Å². The summed E-state index contributed by atoms with van der Waals surface area (Å²) in [4.78, 5) is 15.5. The van der Waals surface area contributed by atoms with E-state index in [9.17, 15) is 21.6 Å². The molecule has 0 bridgehead atoms. The third-order valence-electron chi connectivity index (χ3n) is 4.19. The predicted octanol–water partition coefficient (Wildman–Crippen LogP) is 3.69. The van der Waals surface area contributed by atoms with Gasteiger partial charge in [-0.1, -0.05) is 17.7 Å². The molecule has 0 aromatic carbocycles. The van der Waals surface area contributed by atoms with Gasteiger partial charge in [0.2, 0.25) is 16.0 Å². The highest BCUT2D eigenvalue weighted by atomic mass is 35.5. The molecule has 0 spiro atoms. The fourth-order valence-corrected chi connectivity index (χ4v) is 3.23. The molecule has 3 heterocycles. The lowest BCUT2D eigenvalue weighted by atomic mass is 10.2. The maximum absolute atomic E-state index is 13.5. The molecule has 0 amide bonds. The van der Waals surface area contributed by atoms with Gasteiger partial charge in [-0.25, -0.2) is 23.4 Å². The fraction of sp³-hybridized carbons (Fsp3) is 0.222. The van der Waals surface area contributed by atoms with Gasteiger partial charge in [0, 0.05) is 43.4 Å². The summed E-state index contributed by atoms with van der Waals surface area (Å²) < 4.78 is 65.1. The summed E-state index contributed by atoms with van der Waals surface area (Å²) in [7, 11) is -2.33. The Balaban J connectivity index is 1.92. The topological polar surface area (TPSA) is 113 Å². The Morgan fingerprint density at radius 3 is 2.56 bits per heavy atom. The van der Waals surface area contributed by atoms with E-state index >= 15 is 0 Å². The van der Waals surface area contributed by atoms with Gasteiger partial charge < -0.3 is 10.6 Å². The highest BCUT2D eigenvalue weighted by Gasteiger charge is 2.35. The summed E-state index contributed by atoms with van der Waals surface area (Å²) in [5, 5.41) is 5.55. The molecule has 0 unspecified atom stereocenters. The van der Waals surface area contributed by atoms with Gasteiger partial charge in [0.15, 0.2) is 0 Å². The fourth-order valence-electron chi connectivity index (χ4n) is 2.58. The number of rotatable bonds is 7. The third-order valence-corrected chi connectivity index (χ3v) is 5.56. The standard InChI is InChI=1S/C18H17ClF3N7O2S/c1-29(32(2,30)31)16-11(4-3-6-24-16)9-25-15-13(18(20,21)22)10-26-17(28-15)27-12-5-7-23-14(19)8-12/h3-8,10H,9H2,1-2H3,(H2,23,25,26,27,28). The maximum Gasteiger partial charge on any atom is 0.421 e. The second-order valence-corrected chi connectivity index (χ2v) is 8.92. The highest BCUT2D eigenvalue weighted by Crippen LogP contribution is 2.34. The minimum atomic E-state index is -4.72. The molecule has 0 atom stereocenters. The van der Waals surface area contributed by atoms with Gasteiger partial charge >= 0.3 is 6.18 Å². The molecular formula is C18H17ClF3N7O2S. The Kier molecular flexibility index (Phi) is 6.69. The van der Waals surface area contributed by atoms with Crippen molar-refractivity contribution in [3.8, 4) is 0 Å². The number of halogens is 4. The monoisotopic (exact) mass is 487 g/mol. The summed E-state index contributed by atoms with van der Waals surface area (Å²) in [5.74, 6) is -0.524. The first-order chi connectivity index (χ1) is 14.9. The average molecular weight is 488 g/mol. The molecule has 2 N–H and O–H groups in total. The van der Waals surface area contributed by atoms with Crippen molar-refractivity contribution < 1.29 is 21.6 Å². The first-order valence-corrected chi connectivity index (χ1v) is 11.1. The van der Waals surface area contributed by atoms with Crippen LogP contribution in [0.4, 0.5) is 36.4 Å². The largest absolute Gasteiger partial charge is 0.421 e. The van der Waals surface area contributed by atoms with Crippen molar-refractivity contribution in [2.24, 2.45) is 0 Å². The Bertz CT molecular complexity index is 1230. The van der Waals surface area contributed by atoms with Gasteiger partial charge in [0.1, 0.15) is 22.4 Å². The van der Waals surface area contributed by atoms with E-state index in [1.54, 1.807) is 18.2 Å². The molecule has 170 valence electrons.